The Balaban J connectivity index is 0.000000186. The second kappa shape index (κ2) is 20.2. The first kappa shape index (κ1) is 49.7. The van der Waals surface area contributed by atoms with Crippen molar-refractivity contribution in [3.05, 3.63) is 129 Å². The van der Waals surface area contributed by atoms with Crippen molar-refractivity contribution < 1.29 is 63.5 Å². The van der Waals surface area contributed by atoms with Gasteiger partial charge in [0.25, 0.3) is 0 Å². The van der Waals surface area contributed by atoms with Crippen molar-refractivity contribution in [3.63, 3.8) is 0 Å². The minimum Gasteiger partial charge on any atom is -0.465 e. The fourth-order valence-electron chi connectivity index (χ4n) is 6.76. The summed E-state index contributed by atoms with van der Waals surface area (Å²) in [6, 6.07) is 13.3. The number of aryl methyl sites for hydroxylation is 2. The molecule has 0 radical (unpaired) electrons. The van der Waals surface area contributed by atoms with Crippen LogP contribution in [-0.2, 0) is 57.0 Å². The van der Waals surface area contributed by atoms with Gasteiger partial charge in [-0.1, -0.05) is 24.3 Å². The Kier molecular flexibility index (Phi) is 15.7. The molecule has 0 atom stereocenters. The number of hydrogen-bond acceptors (Lipinski definition) is 8. The molecule has 4 aromatic heterocycles. The fourth-order valence-corrected chi connectivity index (χ4v) is 7.27. The number of hydrogen-bond donors (Lipinski definition) is 0. The molecular formula is C44H44BBrF8N4O6. The Morgan fingerprint density at radius 3 is 1.53 bits per heavy atom. The number of nitrogens with zero attached hydrogens (tertiary/aromatic N) is 4. The number of ether oxygens (including phenoxy) is 2. The van der Waals surface area contributed by atoms with Gasteiger partial charge in [-0.05, 0) is 103 Å². The van der Waals surface area contributed by atoms with Crippen molar-refractivity contribution >= 4 is 57.1 Å². The third-order valence-corrected chi connectivity index (χ3v) is 11.3. The molecule has 5 heterocycles. The second-order valence-corrected chi connectivity index (χ2v) is 16.3. The molecule has 0 N–H and O–H groups in total. The number of fused-ring (bicyclic) bond motifs is 2. The molecule has 20 heteroatoms. The first-order valence-corrected chi connectivity index (χ1v) is 20.4. The number of alkyl halides is 8. The molecule has 6 aromatic rings. The maximum Gasteiger partial charge on any atom is 0.462 e. The highest BCUT2D eigenvalue weighted by atomic mass is 79.9. The van der Waals surface area contributed by atoms with Crippen LogP contribution in [0.3, 0.4) is 0 Å². The van der Waals surface area contributed by atoms with Crippen LogP contribution in [-0.4, -0.2) is 76.9 Å². The molecule has 0 spiro atoms. The van der Waals surface area contributed by atoms with Crippen molar-refractivity contribution in [3.8, 4) is 0 Å². The molecule has 0 unspecified atom stereocenters. The molecule has 7 rings (SSSR count). The molecule has 1 fully saturated rings. The van der Waals surface area contributed by atoms with E-state index in [1.165, 1.54) is 55.4 Å². The first-order chi connectivity index (χ1) is 30.0. The molecule has 342 valence electrons. The van der Waals surface area contributed by atoms with E-state index in [-0.39, 0.29) is 18.7 Å². The lowest BCUT2D eigenvalue weighted by atomic mass is 9.80. The largest absolute Gasteiger partial charge is 0.465 e. The predicted octanol–water partition coefficient (Wildman–Crippen LogP) is 10.8. The first-order valence-electron chi connectivity index (χ1n) is 19.6. The number of esters is 2. The van der Waals surface area contributed by atoms with E-state index in [2.05, 4.69) is 25.9 Å². The summed E-state index contributed by atoms with van der Waals surface area (Å²) >= 11 is 3.35. The van der Waals surface area contributed by atoms with Crippen LogP contribution in [0.2, 0.25) is 0 Å². The summed E-state index contributed by atoms with van der Waals surface area (Å²) in [4.78, 5) is 32.1. The third kappa shape index (κ3) is 11.5. The minimum atomic E-state index is -4.40. The number of halogens is 9. The lowest BCUT2D eigenvalue weighted by Crippen LogP contribution is -2.41. The third-order valence-electron chi connectivity index (χ3n) is 10.7. The van der Waals surface area contributed by atoms with Crippen LogP contribution in [0, 0.1) is 0 Å². The molecule has 1 saturated heterocycles. The Morgan fingerprint density at radius 2 is 1.09 bits per heavy atom. The summed E-state index contributed by atoms with van der Waals surface area (Å²) in [5.74, 6) is -1.04. The van der Waals surface area contributed by atoms with Crippen LogP contribution in [0.4, 0.5) is 35.1 Å². The summed E-state index contributed by atoms with van der Waals surface area (Å²) in [5.41, 5.74) is 1.50. The van der Waals surface area contributed by atoms with Crippen molar-refractivity contribution in [2.24, 2.45) is 0 Å². The number of rotatable bonds is 10. The van der Waals surface area contributed by atoms with Crippen LogP contribution in [0.5, 0.6) is 0 Å². The minimum absolute atomic E-state index is 0.0320. The summed E-state index contributed by atoms with van der Waals surface area (Å²) < 4.78 is 126. The number of benzene rings is 2. The normalized spacial score (nSPS) is 14.5. The quantitative estimate of drug-likeness (QED) is 0.0759. The maximum atomic E-state index is 12.8. The summed E-state index contributed by atoms with van der Waals surface area (Å²) in [5, 5.41) is 1.16. The molecule has 0 saturated carbocycles. The average molecular weight is 968 g/mol. The van der Waals surface area contributed by atoms with Gasteiger partial charge in [-0.15, -0.1) is 0 Å². The van der Waals surface area contributed by atoms with Gasteiger partial charge in [0.1, 0.15) is 24.6 Å². The van der Waals surface area contributed by atoms with Gasteiger partial charge in [0.2, 0.25) is 0 Å². The van der Waals surface area contributed by atoms with E-state index >= 15 is 0 Å². The summed E-state index contributed by atoms with van der Waals surface area (Å²) in [6.45, 7) is 6.83. The Hall–Kier alpha value is -5.34. The van der Waals surface area contributed by atoms with Gasteiger partial charge in [-0.3, -0.25) is 0 Å². The van der Waals surface area contributed by atoms with E-state index in [4.69, 9.17) is 18.8 Å². The molecule has 2 aromatic carbocycles. The van der Waals surface area contributed by atoms with Crippen LogP contribution in [0.25, 0.3) is 22.1 Å². The number of carbonyl (C=O) groups excluding carboxylic acids is 2. The molecule has 10 nitrogen and oxygen atoms in total. The smallest absolute Gasteiger partial charge is 0.462 e. The standard InChI is InChI=1S/C19H16F4N2O2.C14H18BF3O2.C11H10BrFN2O2/c1-27-18(26)15-11-25(9-7-20)17-16(15)13(6-8-24-17)10-12-2-4-14(5-3-12)19(21,22)23;1-12(2)13(3,4)20-15(19-12)9-10-5-7-11(8-6-10)14(16,17)18;1-17-11(16)7-6-15(5-3-13)10-9(7)8(12)2-4-14-10/h2-6,8,11H,7,9-10H2,1H3;5-8H,9H2,1-4H3;2,4,6H,3,5H2,1H3. The Bertz CT molecular complexity index is 2540. The van der Waals surface area contributed by atoms with Crippen molar-refractivity contribution in [1.29, 1.82) is 0 Å². The van der Waals surface area contributed by atoms with Gasteiger partial charge < -0.3 is 27.9 Å². The lowest BCUT2D eigenvalue weighted by molar-refractivity contribution is -0.138. The monoisotopic (exact) mass is 966 g/mol. The molecule has 1 aliphatic heterocycles. The number of carbonyl (C=O) groups is 2. The zero-order valence-electron chi connectivity index (χ0n) is 35.5. The molecule has 0 bridgehead atoms. The maximum absolute atomic E-state index is 12.8. The van der Waals surface area contributed by atoms with Crippen molar-refractivity contribution in [1.82, 2.24) is 19.1 Å². The Labute approximate surface area is 372 Å². The van der Waals surface area contributed by atoms with E-state index in [1.54, 1.807) is 29.1 Å². The molecule has 0 amide bonds. The van der Waals surface area contributed by atoms with Crippen LogP contribution >= 0.6 is 15.9 Å². The zero-order valence-corrected chi connectivity index (χ0v) is 37.1. The van der Waals surface area contributed by atoms with Crippen LogP contribution in [0.15, 0.2) is 89.9 Å². The predicted molar refractivity (Wildman–Crippen MR) is 227 cm³/mol. The van der Waals surface area contributed by atoms with Crippen molar-refractivity contribution in [2.75, 3.05) is 27.6 Å². The van der Waals surface area contributed by atoms with Crippen molar-refractivity contribution in [2.45, 2.75) is 77.1 Å². The Morgan fingerprint density at radius 1 is 0.672 bits per heavy atom. The van der Waals surface area contributed by atoms with Gasteiger partial charge in [-0.2, -0.15) is 26.3 Å². The lowest BCUT2D eigenvalue weighted by Gasteiger charge is -2.32. The van der Waals surface area contributed by atoms with E-state index in [0.717, 1.165) is 34.3 Å². The van der Waals surface area contributed by atoms with E-state index in [0.29, 0.717) is 51.5 Å². The summed E-state index contributed by atoms with van der Waals surface area (Å²) in [7, 11) is 2.12. The van der Waals surface area contributed by atoms with Crippen LogP contribution in [0.1, 0.15) is 76.2 Å². The molecule has 1 aliphatic rings. The van der Waals surface area contributed by atoms with Gasteiger partial charge >= 0.3 is 31.4 Å². The molecule has 64 heavy (non-hydrogen) atoms. The van der Waals surface area contributed by atoms with E-state index < -0.39 is 67.1 Å². The SMILES string of the molecule is CC1(C)OB(Cc2ccc(C(F)(F)F)cc2)OC1(C)C.COC(=O)c1cn(CCF)c2nccc(Br)c12.COC(=O)c1cn(CCF)c2nccc(Cc3ccc(C(F)(F)F)cc3)c12. The number of pyridine rings is 2. The molecular weight excluding hydrogens is 923 g/mol. The highest BCUT2D eigenvalue weighted by molar-refractivity contribution is 9.10. The van der Waals surface area contributed by atoms with Crippen LogP contribution < -0.4 is 0 Å². The van der Waals surface area contributed by atoms with Gasteiger partial charge in [0.15, 0.2) is 0 Å². The topological polar surface area (TPSA) is 107 Å². The van der Waals surface area contributed by atoms with Gasteiger partial charge in [0, 0.05) is 46.4 Å². The van der Waals surface area contributed by atoms with E-state index in [9.17, 15) is 44.7 Å². The van der Waals surface area contributed by atoms with Gasteiger partial charge in [-0.25, -0.2) is 28.3 Å². The van der Waals surface area contributed by atoms with Gasteiger partial charge in [0.05, 0.1) is 60.8 Å². The zero-order chi connectivity index (χ0) is 47.2. The molecule has 0 aliphatic carbocycles. The highest BCUT2D eigenvalue weighted by Gasteiger charge is 2.50. The average Bonchev–Trinajstić information content (AvgIpc) is 3.86. The summed E-state index contributed by atoms with van der Waals surface area (Å²) in [6.07, 6.45) is -1.80. The number of methoxy groups -OCH3 is 2. The van der Waals surface area contributed by atoms with E-state index in [1.807, 2.05) is 27.7 Å². The fraction of sp³-hybridized carbons (Fsp3) is 0.364. The highest BCUT2D eigenvalue weighted by Crippen LogP contribution is 2.38. The second-order valence-electron chi connectivity index (χ2n) is 15.4. The number of aromatic nitrogens is 4.